The van der Waals surface area contributed by atoms with Crippen molar-refractivity contribution in [2.24, 2.45) is 0 Å². The van der Waals surface area contributed by atoms with Gasteiger partial charge in [-0.25, -0.2) is 4.68 Å². The number of nitrogens with one attached hydrogen (secondary N) is 1. The van der Waals surface area contributed by atoms with Gasteiger partial charge in [-0.05, 0) is 38.1 Å². The van der Waals surface area contributed by atoms with Crippen molar-refractivity contribution < 1.29 is 14.3 Å². The Morgan fingerprint density at radius 1 is 1.07 bits per heavy atom. The largest absolute Gasteiger partial charge is 0.490 e. The maximum absolute atomic E-state index is 12.6. The first-order valence-corrected chi connectivity index (χ1v) is 9.42. The number of hydrogen-bond acceptors (Lipinski definition) is 4. The number of amides is 1. The first-order valence-electron chi connectivity index (χ1n) is 9.42. The molecule has 0 saturated heterocycles. The number of nitrogens with zero attached hydrogens (tertiary/aromatic N) is 2. The van der Waals surface area contributed by atoms with E-state index < -0.39 is 0 Å². The molecule has 6 heteroatoms. The molecule has 1 N–H and O–H groups in total. The van der Waals surface area contributed by atoms with Gasteiger partial charge in [-0.1, -0.05) is 18.2 Å². The van der Waals surface area contributed by atoms with Gasteiger partial charge in [-0.3, -0.25) is 4.79 Å². The molecule has 1 aliphatic rings. The number of aromatic nitrogens is 2. The van der Waals surface area contributed by atoms with Crippen LogP contribution in [0.5, 0.6) is 11.5 Å². The molecule has 0 spiro atoms. The molecular weight excluding hydrogens is 354 g/mol. The minimum Gasteiger partial charge on any atom is -0.490 e. The molecule has 0 bridgehead atoms. The number of ether oxygens (including phenoxy) is 2. The highest BCUT2D eigenvalue weighted by Gasteiger charge is 2.17. The van der Waals surface area contributed by atoms with Crippen LogP contribution in [-0.2, 0) is 11.2 Å². The summed E-state index contributed by atoms with van der Waals surface area (Å²) in [7, 11) is 0. The van der Waals surface area contributed by atoms with Gasteiger partial charge in [0, 0.05) is 29.4 Å². The van der Waals surface area contributed by atoms with E-state index in [9.17, 15) is 4.79 Å². The number of aryl methyl sites for hydroxylation is 1. The van der Waals surface area contributed by atoms with Crippen LogP contribution in [0.4, 0.5) is 5.69 Å². The molecule has 28 heavy (non-hydrogen) atoms. The summed E-state index contributed by atoms with van der Waals surface area (Å²) in [6, 6.07) is 15.4. The second-order valence-corrected chi connectivity index (χ2v) is 6.83. The van der Waals surface area contributed by atoms with Crippen LogP contribution in [0.2, 0.25) is 0 Å². The SMILES string of the molecule is Cc1nn(-c2ccccc2)c(C)c1CC(=O)Nc1ccc2c(c1)OCCCO2. The molecule has 3 aromatic rings. The molecule has 0 atom stereocenters. The van der Waals surface area contributed by atoms with Crippen LogP contribution in [0.25, 0.3) is 5.69 Å². The molecular formula is C22H23N3O3. The van der Waals surface area contributed by atoms with Crippen LogP contribution in [0.3, 0.4) is 0 Å². The molecule has 4 rings (SSSR count). The number of hydrogen-bond donors (Lipinski definition) is 1. The minimum absolute atomic E-state index is 0.0895. The summed E-state index contributed by atoms with van der Waals surface area (Å²) >= 11 is 0. The Bertz CT molecular complexity index is 996. The van der Waals surface area contributed by atoms with Crippen molar-refractivity contribution >= 4 is 11.6 Å². The van der Waals surface area contributed by atoms with E-state index in [4.69, 9.17) is 9.47 Å². The van der Waals surface area contributed by atoms with Crippen LogP contribution in [0, 0.1) is 13.8 Å². The Morgan fingerprint density at radius 2 is 1.82 bits per heavy atom. The first-order chi connectivity index (χ1) is 13.6. The normalized spacial score (nSPS) is 13.1. The highest BCUT2D eigenvalue weighted by atomic mass is 16.5. The van der Waals surface area contributed by atoms with Gasteiger partial charge in [0.05, 0.1) is 31.0 Å². The summed E-state index contributed by atoms with van der Waals surface area (Å²) in [4.78, 5) is 12.6. The summed E-state index contributed by atoms with van der Waals surface area (Å²) in [5.74, 6) is 1.29. The van der Waals surface area contributed by atoms with Gasteiger partial charge in [0.1, 0.15) is 0 Å². The van der Waals surface area contributed by atoms with Crippen molar-refractivity contribution in [2.75, 3.05) is 18.5 Å². The van der Waals surface area contributed by atoms with Crippen LogP contribution in [0.15, 0.2) is 48.5 Å². The number of fused-ring (bicyclic) bond motifs is 1. The highest BCUT2D eigenvalue weighted by Crippen LogP contribution is 2.32. The smallest absolute Gasteiger partial charge is 0.228 e. The van der Waals surface area contributed by atoms with E-state index in [-0.39, 0.29) is 12.3 Å². The van der Waals surface area contributed by atoms with E-state index >= 15 is 0 Å². The first kappa shape index (κ1) is 18.1. The van der Waals surface area contributed by atoms with Crippen molar-refractivity contribution in [1.29, 1.82) is 0 Å². The molecule has 0 radical (unpaired) electrons. The molecule has 1 aliphatic heterocycles. The fourth-order valence-corrected chi connectivity index (χ4v) is 3.36. The third kappa shape index (κ3) is 3.71. The van der Waals surface area contributed by atoms with Crippen LogP contribution in [-0.4, -0.2) is 28.9 Å². The van der Waals surface area contributed by atoms with Gasteiger partial charge >= 0.3 is 0 Å². The van der Waals surface area contributed by atoms with Crippen LogP contribution < -0.4 is 14.8 Å². The Labute approximate surface area is 164 Å². The fourth-order valence-electron chi connectivity index (χ4n) is 3.36. The third-order valence-corrected chi connectivity index (χ3v) is 4.81. The monoisotopic (exact) mass is 377 g/mol. The van der Waals surface area contributed by atoms with Crippen molar-refractivity contribution in [3.8, 4) is 17.2 Å². The lowest BCUT2D eigenvalue weighted by Gasteiger charge is -2.11. The lowest BCUT2D eigenvalue weighted by atomic mass is 10.1. The number of para-hydroxylation sites is 1. The van der Waals surface area contributed by atoms with Crippen molar-refractivity contribution in [3.05, 3.63) is 65.5 Å². The predicted octanol–water partition coefficient (Wildman–Crippen LogP) is 3.83. The molecule has 2 heterocycles. The summed E-state index contributed by atoms with van der Waals surface area (Å²) in [6.45, 7) is 5.18. The van der Waals surface area contributed by atoms with E-state index in [1.165, 1.54) is 0 Å². The molecule has 0 unspecified atom stereocenters. The molecule has 0 saturated carbocycles. The van der Waals surface area contributed by atoms with E-state index in [1.807, 2.05) is 67.1 Å². The lowest BCUT2D eigenvalue weighted by Crippen LogP contribution is -2.15. The maximum atomic E-state index is 12.6. The molecule has 1 amide bonds. The standard InChI is InChI=1S/C22H23N3O3/c1-15-19(16(2)25(24-15)18-7-4-3-5-8-18)14-22(26)23-17-9-10-20-21(13-17)28-12-6-11-27-20/h3-5,7-10,13H,6,11-12,14H2,1-2H3,(H,23,26). The van der Waals surface area contributed by atoms with E-state index in [1.54, 1.807) is 0 Å². The fraction of sp³-hybridized carbons (Fsp3) is 0.273. The molecule has 0 aliphatic carbocycles. The predicted molar refractivity (Wildman–Crippen MR) is 107 cm³/mol. The Balaban J connectivity index is 1.50. The van der Waals surface area contributed by atoms with E-state index in [0.717, 1.165) is 29.1 Å². The Morgan fingerprint density at radius 3 is 2.61 bits per heavy atom. The van der Waals surface area contributed by atoms with Gasteiger partial charge in [-0.2, -0.15) is 5.10 Å². The second kappa shape index (κ2) is 7.76. The minimum atomic E-state index is -0.0895. The quantitative estimate of drug-likeness (QED) is 0.750. The van der Waals surface area contributed by atoms with Crippen LogP contribution in [0.1, 0.15) is 23.4 Å². The lowest BCUT2D eigenvalue weighted by molar-refractivity contribution is -0.115. The molecule has 2 aromatic carbocycles. The summed E-state index contributed by atoms with van der Waals surface area (Å²) in [5.41, 5.74) is 4.45. The van der Waals surface area contributed by atoms with Crippen LogP contribution >= 0.6 is 0 Å². The zero-order chi connectivity index (χ0) is 19.5. The zero-order valence-electron chi connectivity index (χ0n) is 16.1. The van der Waals surface area contributed by atoms with Gasteiger partial charge in [0.2, 0.25) is 5.91 Å². The number of rotatable bonds is 4. The van der Waals surface area contributed by atoms with Crippen molar-refractivity contribution in [3.63, 3.8) is 0 Å². The van der Waals surface area contributed by atoms with Gasteiger partial charge in [0.15, 0.2) is 11.5 Å². The van der Waals surface area contributed by atoms with Gasteiger partial charge < -0.3 is 14.8 Å². The third-order valence-electron chi connectivity index (χ3n) is 4.81. The number of carbonyl (C=O) groups is 1. The summed E-state index contributed by atoms with van der Waals surface area (Å²) in [6.07, 6.45) is 1.11. The van der Waals surface area contributed by atoms with Gasteiger partial charge in [-0.15, -0.1) is 0 Å². The summed E-state index contributed by atoms with van der Waals surface area (Å²) < 4.78 is 13.2. The second-order valence-electron chi connectivity index (χ2n) is 6.83. The van der Waals surface area contributed by atoms with E-state index in [0.29, 0.717) is 30.4 Å². The molecule has 144 valence electrons. The average molecular weight is 377 g/mol. The highest BCUT2D eigenvalue weighted by molar-refractivity contribution is 5.92. The molecule has 1 aromatic heterocycles. The van der Waals surface area contributed by atoms with Gasteiger partial charge in [0.25, 0.3) is 0 Å². The molecule has 6 nitrogen and oxygen atoms in total. The zero-order valence-corrected chi connectivity index (χ0v) is 16.1. The topological polar surface area (TPSA) is 65.4 Å². The number of anilines is 1. The molecule has 0 fully saturated rings. The van der Waals surface area contributed by atoms with Crippen molar-refractivity contribution in [1.82, 2.24) is 9.78 Å². The number of benzene rings is 2. The maximum Gasteiger partial charge on any atom is 0.228 e. The van der Waals surface area contributed by atoms with E-state index in [2.05, 4.69) is 10.4 Å². The van der Waals surface area contributed by atoms with Crippen molar-refractivity contribution in [2.45, 2.75) is 26.7 Å². The summed E-state index contributed by atoms with van der Waals surface area (Å²) in [5, 5.41) is 7.56. The Kier molecular flexibility index (Phi) is 5.02. The average Bonchev–Trinajstić information content (AvgIpc) is 2.87. The Hall–Kier alpha value is -3.28. The number of carbonyl (C=O) groups excluding carboxylic acids is 1.